The molecule has 4 nitrogen and oxygen atoms in total. The molecule has 0 amide bonds. The summed E-state index contributed by atoms with van der Waals surface area (Å²) in [6, 6.07) is 26.2. The minimum Gasteiger partial charge on any atom is -0.493 e. The maximum atomic E-state index is 12.4. The molecule has 0 saturated heterocycles. The molecule has 0 aliphatic heterocycles. The van der Waals surface area contributed by atoms with Crippen LogP contribution in [0.4, 0.5) is 5.69 Å². The van der Waals surface area contributed by atoms with Crippen molar-refractivity contribution in [3.8, 4) is 5.75 Å². The van der Waals surface area contributed by atoms with Gasteiger partial charge in [-0.15, -0.1) is 0 Å². The Hall–Kier alpha value is -3.05. The number of anilines is 1. The maximum Gasteiger partial charge on any atom is 0.261 e. The molecule has 3 aromatic rings. The van der Waals surface area contributed by atoms with Crippen LogP contribution in [0, 0.1) is 6.07 Å². The van der Waals surface area contributed by atoms with Gasteiger partial charge in [-0.2, -0.15) is 0 Å². The molecule has 0 aliphatic rings. The first-order valence-electron chi connectivity index (χ1n) is 9.07. The predicted octanol–water partition coefficient (Wildman–Crippen LogP) is 5.16. The van der Waals surface area contributed by atoms with Crippen LogP contribution in [0.1, 0.15) is 18.4 Å². The highest BCUT2D eigenvalue weighted by Crippen LogP contribution is 2.18. The van der Waals surface area contributed by atoms with E-state index in [4.69, 9.17) is 4.74 Å². The van der Waals surface area contributed by atoms with Crippen molar-refractivity contribution in [1.29, 1.82) is 0 Å². The Morgan fingerprint density at radius 3 is 2.57 bits per heavy atom. The average molecular weight is 392 g/mol. The van der Waals surface area contributed by atoms with E-state index < -0.39 is 10.0 Å². The lowest BCUT2D eigenvalue weighted by atomic mass is 10.1. The van der Waals surface area contributed by atoms with Gasteiger partial charge in [0.2, 0.25) is 0 Å². The third-order valence-electron chi connectivity index (χ3n) is 3.96. The van der Waals surface area contributed by atoms with Crippen LogP contribution in [0.5, 0.6) is 5.75 Å². The summed E-state index contributed by atoms with van der Waals surface area (Å²) in [6.07, 6.45) is 5.80. The highest BCUT2D eigenvalue weighted by atomic mass is 32.2. The van der Waals surface area contributed by atoms with Gasteiger partial charge in [-0.05, 0) is 48.7 Å². The van der Waals surface area contributed by atoms with Crippen molar-refractivity contribution < 1.29 is 13.2 Å². The van der Waals surface area contributed by atoms with Crippen LogP contribution in [-0.2, 0) is 10.0 Å². The Morgan fingerprint density at radius 1 is 0.964 bits per heavy atom. The van der Waals surface area contributed by atoms with Crippen LogP contribution in [0.3, 0.4) is 0 Å². The van der Waals surface area contributed by atoms with Crippen LogP contribution in [-0.4, -0.2) is 15.0 Å². The van der Waals surface area contributed by atoms with Crippen molar-refractivity contribution in [2.24, 2.45) is 0 Å². The quantitative estimate of drug-likeness (QED) is 0.512. The monoisotopic (exact) mass is 392 g/mol. The normalized spacial score (nSPS) is 11.4. The molecular formula is C23H22NO3S. The number of nitrogens with one attached hydrogen (secondary N) is 1. The summed E-state index contributed by atoms with van der Waals surface area (Å²) in [4.78, 5) is 0.242. The van der Waals surface area contributed by atoms with Gasteiger partial charge in [-0.3, -0.25) is 4.72 Å². The van der Waals surface area contributed by atoms with Gasteiger partial charge in [0.15, 0.2) is 0 Å². The van der Waals surface area contributed by atoms with Gasteiger partial charge < -0.3 is 4.74 Å². The predicted molar refractivity (Wildman–Crippen MR) is 113 cm³/mol. The van der Waals surface area contributed by atoms with Crippen LogP contribution in [0.15, 0.2) is 89.8 Å². The molecule has 3 aromatic carbocycles. The molecule has 0 aliphatic carbocycles. The molecular weight excluding hydrogens is 370 g/mol. The van der Waals surface area contributed by atoms with Crippen LogP contribution >= 0.6 is 0 Å². The second-order valence-corrected chi connectivity index (χ2v) is 7.85. The molecule has 28 heavy (non-hydrogen) atoms. The number of benzene rings is 3. The molecule has 1 N–H and O–H groups in total. The van der Waals surface area contributed by atoms with E-state index >= 15 is 0 Å². The zero-order chi connectivity index (χ0) is 19.7. The van der Waals surface area contributed by atoms with E-state index in [9.17, 15) is 8.42 Å². The summed E-state index contributed by atoms with van der Waals surface area (Å²) in [6.45, 7) is 0.627. The van der Waals surface area contributed by atoms with Gasteiger partial charge in [-0.1, -0.05) is 60.7 Å². The van der Waals surface area contributed by atoms with Crippen molar-refractivity contribution in [1.82, 2.24) is 0 Å². The molecule has 0 aromatic heterocycles. The second-order valence-electron chi connectivity index (χ2n) is 6.16. The van der Waals surface area contributed by atoms with Crippen molar-refractivity contribution in [2.45, 2.75) is 17.7 Å². The molecule has 5 heteroatoms. The fraction of sp³-hybridized carbons (Fsp3) is 0.130. The number of hydrogen-bond acceptors (Lipinski definition) is 3. The summed E-state index contributed by atoms with van der Waals surface area (Å²) >= 11 is 0. The molecule has 0 heterocycles. The minimum absolute atomic E-state index is 0.242. The fourth-order valence-electron chi connectivity index (χ4n) is 2.59. The zero-order valence-corrected chi connectivity index (χ0v) is 16.2. The van der Waals surface area contributed by atoms with Gasteiger partial charge in [0.05, 0.1) is 11.5 Å². The summed E-state index contributed by atoms with van der Waals surface area (Å²) < 4.78 is 33.1. The standard InChI is InChI=1S/C23H22NO3S/c25-28(26,23-16-7-2-8-17-23)24-21-13-10-12-20(19-21)11-4-3-9-18-27-22-14-5-1-6-15-22/h1-2,4-8,10-14,16-17,19,24H,3,9,18H2/b11-4+. The molecule has 143 valence electrons. The number of para-hydroxylation sites is 1. The Kier molecular flexibility index (Phi) is 6.87. The van der Waals surface area contributed by atoms with Crippen LogP contribution in [0.2, 0.25) is 0 Å². The first-order valence-corrected chi connectivity index (χ1v) is 10.6. The minimum atomic E-state index is -3.58. The lowest BCUT2D eigenvalue weighted by molar-refractivity contribution is 0.311. The lowest BCUT2D eigenvalue weighted by Crippen LogP contribution is -2.12. The van der Waals surface area contributed by atoms with E-state index in [0.717, 1.165) is 24.2 Å². The Bertz CT molecular complexity index is 1000. The molecule has 3 rings (SSSR count). The highest BCUT2D eigenvalue weighted by Gasteiger charge is 2.13. The Labute approximate surface area is 166 Å². The Balaban J connectivity index is 1.51. The summed E-state index contributed by atoms with van der Waals surface area (Å²) in [5.41, 5.74) is 1.47. The largest absolute Gasteiger partial charge is 0.493 e. The van der Waals surface area contributed by atoms with E-state index in [2.05, 4.69) is 16.9 Å². The highest BCUT2D eigenvalue weighted by molar-refractivity contribution is 7.92. The van der Waals surface area contributed by atoms with E-state index in [1.54, 1.807) is 36.4 Å². The smallest absolute Gasteiger partial charge is 0.261 e. The van der Waals surface area contributed by atoms with Gasteiger partial charge >= 0.3 is 0 Å². The Morgan fingerprint density at radius 2 is 1.79 bits per heavy atom. The number of allylic oxidation sites excluding steroid dienone is 1. The van der Waals surface area contributed by atoms with Crippen LogP contribution < -0.4 is 9.46 Å². The molecule has 0 bridgehead atoms. The first-order chi connectivity index (χ1) is 13.6. The summed E-state index contributed by atoms with van der Waals surface area (Å²) in [7, 11) is -3.58. The SMILES string of the molecule is O=S(=O)(Nc1cccc(/C=C/CCCOc2[c]cccc2)c1)c1ccccc1. The van der Waals surface area contributed by atoms with Crippen molar-refractivity contribution in [2.75, 3.05) is 11.3 Å². The number of sulfonamides is 1. The van der Waals surface area contributed by atoms with Crippen LogP contribution in [0.25, 0.3) is 6.08 Å². The van der Waals surface area contributed by atoms with Gasteiger partial charge in [0, 0.05) is 11.8 Å². The van der Waals surface area contributed by atoms with Crippen molar-refractivity contribution in [3.05, 3.63) is 96.6 Å². The summed E-state index contributed by atoms with van der Waals surface area (Å²) in [5, 5.41) is 0. The first kappa shape index (κ1) is 19.7. The fourth-order valence-corrected chi connectivity index (χ4v) is 3.66. The van der Waals surface area contributed by atoms with Crippen molar-refractivity contribution in [3.63, 3.8) is 0 Å². The second kappa shape index (κ2) is 9.76. The number of hydrogen-bond donors (Lipinski definition) is 1. The third kappa shape index (κ3) is 5.99. The lowest BCUT2D eigenvalue weighted by Gasteiger charge is -2.08. The topological polar surface area (TPSA) is 55.4 Å². The van der Waals surface area contributed by atoms with Crippen molar-refractivity contribution >= 4 is 21.8 Å². The number of ether oxygens (including phenoxy) is 1. The molecule has 0 atom stereocenters. The summed E-state index contributed by atoms with van der Waals surface area (Å²) in [5.74, 6) is 0.755. The maximum absolute atomic E-state index is 12.4. The van der Waals surface area contributed by atoms with E-state index in [1.165, 1.54) is 0 Å². The average Bonchev–Trinajstić information content (AvgIpc) is 2.72. The van der Waals surface area contributed by atoms with E-state index in [-0.39, 0.29) is 4.90 Å². The van der Waals surface area contributed by atoms with Gasteiger partial charge in [0.1, 0.15) is 5.75 Å². The number of unbranched alkanes of at least 4 members (excludes halogenated alkanes) is 1. The zero-order valence-electron chi connectivity index (χ0n) is 15.4. The molecule has 0 unspecified atom stereocenters. The van der Waals surface area contributed by atoms with E-state index in [1.807, 2.05) is 48.5 Å². The number of rotatable bonds is 9. The third-order valence-corrected chi connectivity index (χ3v) is 5.35. The molecule has 0 saturated carbocycles. The van der Waals surface area contributed by atoms with Gasteiger partial charge in [0.25, 0.3) is 10.0 Å². The molecule has 1 radical (unpaired) electrons. The molecule has 0 spiro atoms. The molecule has 0 fully saturated rings. The van der Waals surface area contributed by atoms with E-state index in [0.29, 0.717) is 12.3 Å². The van der Waals surface area contributed by atoms with Gasteiger partial charge in [-0.25, -0.2) is 8.42 Å².